The summed E-state index contributed by atoms with van der Waals surface area (Å²) in [5.74, 6) is -1.25. The summed E-state index contributed by atoms with van der Waals surface area (Å²) in [6, 6.07) is 11.0. The third-order valence-electron chi connectivity index (χ3n) is 5.51. The van der Waals surface area contributed by atoms with Gasteiger partial charge in [0.1, 0.15) is 6.04 Å². The number of nitrogens with one attached hydrogen (secondary N) is 1. The van der Waals surface area contributed by atoms with Gasteiger partial charge in [0, 0.05) is 26.1 Å². The molecule has 1 atom stereocenters. The van der Waals surface area contributed by atoms with E-state index in [1.165, 1.54) is 4.90 Å². The van der Waals surface area contributed by atoms with Crippen LogP contribution in [0.4, 0.5) is 0 Å². The van der Waals surface area contributed by atoms with Gasteiger partial charge in [-0.2, -0.15) is 0 Å². The molecule has 0 saturated heterocycles. The Labute approximate surface area is 202 Å². The first-order valence-electron chi connectivity index (χ1n) is 10.7. The zero-order chi connectivity index (χ0) is 24.1. The molecule has 33 heavy (non-hydrogen) atoms. The van der Waals surface area contributed by atoms with E-state index in [4.69, 9.17) is 23.2 Å². The highest BCUT2D eigenvalue weighted by Gasteiger charge is 2.35. The maximum atomic E-state index is 13.1. The van der Waals surface area contributed by atoms with Crippen LogP contribution in [0, 0.1) is 0 Å². The Kier molecular flexibility index (Phi) is 8.10. The van der Waals surface area contributed by atoms with E-state index in [1.54, 1.807) is 56.3 Å². The maximum Gasteiger partial charge on any atom is 0.261 e. The van der Waals surface area contributed by atoms with Crippen molar-refractivity contribution in [2.75, 3.05) is 13.1 Å². The Balaban J connectivity index is 1.68. The molecule has 1 N–H and O–H groups in total. The molecular weight excluding hydrogens is 465 g/mol. The topological polar surface area (TPSA) is 86.8 Å². The summed E-state index contributed by atoms with van der Waals surface area (Å²) >= 11 is 12.1. The Bertz CT molecular complexity index is 1050. The second-order valence-corrected chi connectivity index (χ2v) is 8.57. The van der Waals surface area contributed by atoms with E-state index in [9.17, 15) is 19.2 Å². The van der Waals surface area contributed by atoms with E-state index < -0.39 is 6.04 Å². The quantitative estimate of drug-likeness (QED) is 0.540. The average Bonchev–Trinajstić information content (AvgIpc) is 3.04. The average molecular weight is 490 g/mol. The molecule has 1 aliphatic heterocycles. The molecule has 0 aliphatic carbocycles. The summed E-state index contributed by atoms with van der Waals surface area (Å²) in [6.07, 6.45) is 0.350. The van der Waals surface area contributed by atoms with Crippen molar-refractivity contribution in [2.45, 2.75) is 39.3 Å². The second-order valence-electron chi connectivity index (χ2n) is 7.75. The predicted molar refractivity (Wildman–Crippen MR) is 126 cm³/mol. The maximum absolute atomic E-state index is 13.1. The number of rotatable bonds is 9. The van der Waals surface area contributed by atoms with Gasteiger partial charge in [-0.3, -0.25) is 24.1 Å². The Morgan fingerprint density at radius 2 is 1.67 bits per heavy atom. The molecule has 174 valence electrons. The minimum atomic E-state index is -0.716. The first kappa shape index (κ1) is 24.7. The number of benzene rings is 2. The number of imide groups is 1. The molecule has 2 aromatic carbocycles. The number of amides is 4. The van der Waals surface area contributed by atoms with Crippen LogP contribution in [-0.2, 0) is 16.1 Å². The molecule has 1 aliphatic rings. The first-order valence-corrected chi connectivity index (χ1v) is 11.5. The fourth-order valence-electron chi connectivity index (χ4n) is 3.71. The summed E-state index contributed by atoms with van der Waals surface area (Å²) in [5.41, 5.74) is 1.48. The number of hydrogen-bond donors (Lipinski definition) is 1. The van der Waals surface area contributed by atoms with Crippen LogP contribution in [0.1, 0.15) is 53.0 Å². The number of likely N-dealkylation sites (N-methyl/N-ethyl adjacent to an activating group) is 1. The third-order valence-corrected chi connectivity index (χ3v) is 6.24. The second kappa shape index (κ2) is 10.8. The van der Waals surface area contributed by atoms with Gasteiger partial charge in [-0.1, -0.05) is 41.4 Å². The van der Waals surface area contributed by atoms with Gasteiger partial charge in [-0.05, 0) is 50.1 Å². The fourth-order valence-corrected chi connectivity index (χ4v) is 4.03. The predicted octanol–water partition coefficient (Wildman–Crippen LogP) is 3.92. The van der Waals surface area contributed by atoms with Crippen LogP contribution in [0.5, 0.6) is 0 Å². The van der Waals surface area contributed by atoms with Crippen molar-refractivity contribution in [2.24, 2.45) is 0 Å². The number of carbonyl (C=O) groups is 4. The van der Waals surface area contributed by atoms with Crippen LogP contribution in [0.2, 0.25) is 10.0 Å². The summed E-state index contributed by atoms with van der Waals surface area (Å²) < 4.78 is 0. The largest absolute Gasteiger partial charge is 0.355 e. The summed E-state index contributed by atoms with van der Waals surface area (Å²) in [5, 5.41) is 3.49. The Morgan fingerprint density at radius 1 is 1.03 bits per heavy atom. The van der Waals surface area contributed by atoms with Gasteiger partial charge >= 0.3 is 0 Å². The Hall–Kier alpha value is -2.90. The molecule has 4 amide bonds. The zero-order valence-electron chi connectivity index (χ0n) is 18.4. The van der Waals surface area contributed by atoms with Crippen LogP contribution in [-0.4, -0.2) is 52.6 Å². The molecule has 0 aromatic heterocycles. The van der Waals surface area contributed by atoms with Crippen molar-refractivity contribution in [3.63, 3.8) is 0 Å². The molecule has 2 aromatic rings. The molecule has 0 fully saturated rings. The van der Waals surface area contributed by atoms with Gasteiger partial charge in [-0.15, -0.1) is 0 Å². The lowest BCUT2D eigenvalue weighted by Gasteiger charge is -2.29. The number of halogens is 2. The van der Waals surface area contributed by atoms with E-state index in [0.717, 1.165) is 10.5 Å². The number of nitrogens with zero attached hydrogens (tertiary/aromatic N) is 2. The number of carbonyl (C=O) groups excluding carboxylic acids is 4. The zero-order valence-corrected chi connectivity index (χ0v) is 19.9. The van der Waals surface area contributed by atoms with Crippen LogP contribution in [0.15, 0.2) is 42.5 Å². The summed E-state index contributed by atoms with van der Waals surface area (Å²) in [4.78, 5) is 53.2. The fraction of sp³-hybridized carbons (Fsp3) is 0.333. The summed E-state index contributed by atoms with van der Waals surface area (Å²) in [7, 11) is 0. The SMILES string of the molecule is CCNC(=O)[C@H](C)N(Cc1ccc(Cl)c(Cl)c1)C(=O)CCCN1C(=O)c2ccccc2C1=O. The van der Waals surface area contributed by atoms with Crippen molar-refractivity contribution in [1.29, 1.82) is 0 Å². The highest BCUT2D eigenvalue weighted by molar-refractivity contribution is 6.42. The van der Waals surface area contributed by atoms with Gasteiger partial charge in [0.2, 0.25) is 11.8 Å². The highest BCUT2D eigenvalue weighted by Crippen LogP contribution is 2.25. The summed E-state index contributed by atoms with van der Waals surface area (Å²) in [6.45, 7) is 4.19. The first-order chi connectivity index (χ1) is 15.7. The van der Waals surface area contributed by atoms with Gasteiger partial charge in [0.05, 0.1) is 21.2 Å². The number of hydrogen-bond acceptors (Lipinski definition) is 4. The van der Waals surface area contributed by atoms with Gasteiger partial charge in [-0.25, -0.2) is 0 Å². The lowest BCUT2D eigenvalue weighted by atomic mass is 10.1. The van der Waals surface area contributed by atoms with Crippen molar-refractivity contribution < 1.29 is 19.2 Å². The van der Waals surface area contributed by atoms with E-state index in [1.807, 2.05) is 0 Å². The Morgan fingerprint density at radius 3 is 2.24 bits per heavy atom. The van der Waals surface area contributed by atoms with Crippen LogP contribution in [0.25, 0.3) is 0 Å². The van der Waals surface area contributed by atoms with Crippen molar-refractivity contribution in [3.8, 4) is 0 Å². The molecular formula is C24H25Cl2N3O4. The van der Waals surface area contributed by atoms with E-state index in [2.05, 4.69) is 5.32 Å². The standard InChI is InChI=1S/C24H25Cl2N3O4/c1-3-27-22(31)15(2)29(14-16-10-11-19(25)20(26)13-16)21(30)9-6-12-28-23(32)17-7-4-5-8-18(17)24(28)33/h4-5,7-8,10-11,13,15H,3,6,9,12,14H2,1-2H3,(H,27,31)/t15-/m0/s1. The molecule has 0 unspecified atom stereocenters. The minimum Gasteiger partial charge on any atom is -0.355 e. The molecule has 0 radical (unpaired) electrons. The monoisotopic (exact) mass is 489 g/mol. The van der Waals surface area contributed by atoms with Crippen LogP contribution >= 0.6 is 23.2 Å². The van der Waals surface area contributed by atoms with Gasteiger partial charge in [0.15, 0.2) is 0 Å². The molecule has 1 heterocycles. The van der Waals surface area contributed by atoms with Gasteiger partial charge in [0.25, 0.3) is 11.8 Å². The molecule has 3 rings (SSSR count). The number of fused-ring (bicyclic) bond motifs is 1. The van der Waals surface area contributed by atoms with Crippen molar-refractivity contribution in [1.82, 2.24) is 15.1 Å². The van der Waals surface area contributed by atoms with Gasteiger partial charge < -0.3 is 10.2 Å². The van der Waals surface area contributed by atoms with Crippen LogP contribution < -0.4 is 5.32 Å². The minimum absolute atomic E-state index is 0.0679. The highest BCUT2D eigenvalue weighted by atomic mass is 35.5. The molecule has 9 heteroatoms. The molecule has 0 spiro atoms. The van der Waals surface area contributed by atoms with E-state index in [-0.39, 0.29) is 49.6 Å². The molecule has 7 nitrogen and oxygen atoms in total. The van der Waals surface area contributed by atoms with Crippen molar-refractivity contribution >= 4 is 46.8 Å². The third kappa shape index (κ3) is 5.54. The van der Waals surface area contributed by atoms with Crippen molar-refractivity contribution in [3.05, 3.63) is 69.2 Å². The van der Waals surface area contributed by atoms with E-state index in [0.29, 0.717) is 27.7 Å². The smallest absolute Gasteiger partial charge is 0.261 e. The normalized spacial score (nSPS) is 13.6. The lowest BCUT2D eigenvalue weighted by molar-refractivity contribution is -0.140. The molecule has 0 bridgehead atoms. The van der Waals surface area contributed by atoms with E-state index >= 15 is 0 Å². The van der Waals surface area contributed by atoms with Crippen LogP contribution in [0.3, 0.4) is 0 Å². The molecule has 0 saturated carbocycles. The lowest BCUT2D eigenvalue weighted by Crippen LogP contribution is -2.47.